The second-order valence-electron chi connectivity index (χ2n) is 8.76. The Bertz CT molecular complexity index is 2180. The molecule has 0 aliphatic carbocycles. The summed E-state index contributed by atoms with van der Waals surface area (Å²) in [6, 6.07) is -2.89. The van der Waals surface area contributed by atoms with Crippen LogP contribution in [0.15, 0.2) is 66.6 Å². The molecule has 0 atom stereocenters. The molecule has 2 aromatic carbocycles. The van der Waals surface area contributed by atoms with Crippen molar-refractivity contribution in [1.82, 2.24) is 14.9 Å². The lowest BCUT2D eigenvalue weighted by Crippen LogP contribution is -2.11. The average Bonchev–Trinajstić information content (AvgIpc) is 3.09. The Morgan fingerprint density at radius 2 is 2.05 bits per heavy atom. The lowest BCUT2D eigenvalue weighted by Gasteiger charge is -2.16. The normalized spacial score (nSPS) is 15.4. The number of rotatable bonds is 12. The molecule has 0 unspecified atom stereocenters. The topological polar surface area (TPSA) is 100 Å². The number of ether oxygens (including phenoxy) is 2. The third kappa shape index (κ3) is 7.82. The summed E-state index contributed by atoms with van der Waals surface area (Å²) in [5, 5.41) is 12.1. The maximum absolute atomic E-state index is 13.2. The molecule has 0 aliphatic heterocycles. The summed E-state index contributed by atoms with van der Waals surface area (Å²) in [4.78, 5) is 23.0. The third-order valence-electron chi connectivity index (χ3n) is 5.25. The van der Waals surface area contributed by atoms with E-state index in [9.17, 15) is 10.1 Å². The first-order valence-corrected chi connectivity index (χ1v) is 12.7. The number of fused-ring (bicyclic) bond motifs is 1. The molecule has 4 rings (SSSR count). The van der Waals surface area contributed by atoms with E-state index in [-0.39, 0.29) is 76.6 Å². The van der Waals surface area contributed by atoms with Crippen LogP contribution in [-0.4, -0.2) is 47.9 Å². The van der Waals surface area contributed by atoms with Crippen molar-refractivity contribution >= 4 is 39.7 Å². The molecular formula is C32H32ClN5O3. The Kier molecular flexibility index (Phi) is 6.06. The maximum atomic E-state index is 13.2. The molecule has 0 aliphatic rings. The zero-order valence-corrected chi connectivity index (χ0v) is 23.5. The standard InChI is InChI=1S/C32H32ClN5O3/c1-5-40-31-17-29-27(15-22(31)14-26(39)10-7-13-38(3)4)32(23(18-34)19-35-29)37-24-11-12-30(28(33)16-24)41-20-25-9-6-8-21(2)36-25/h6-12,15-17,19H,5,13-14,20H2,1-4H3,(H,35,37)/b10-7+/i6D,7D,8D,9D,10D,11D,12D,15D,16D,17D,19D. The highest BCUT2D eigenvalue weighted by atomic mass is 35.5. The van der Waals surface area contributed by atoms with Crippen LogP contribution < -0.4 is 14.8 Å². The number of anilines is 2. The van der Waals surface area contributed by atoms with Crippen LogP contribution in [0.5, 0.6) is 11.5 Å². The lowest BCUT2D eigenvalue weighted by atomic mass is 10.0. The van der Waals surface area contributed by atoms with Crippen molar-refractivity contribution in [2.75, 3.05) is 32.6 Å². The zero-order chi connectivity index (χ0) is 38.9. The van der Waals surface area contributed by atoms with Gasteiger partial charge in [0, 0.05) is 47.5 Å². The molecule has 4 aromatic rings. The van der Waals surface area contributed by atoms with Crippen molar-refractivity contribution in [3.63, 3.8) is 0 Å². The van der Waals surface area contributed by atoms with Crippen molar-refractivity contribution in [2.45, 2.75) is 26.9 Å². The van der Waals surface area contributed by atoms with Gasteiger partial charge in [-0.3, -0.25) is 14.8 Å². The van der Waals surface area contributed by atoms with Crippen LogP contribution in [0.2, 0.25) is 5.02 Å². The van der Waals surface area contributed by atoms with Crippen LogP contribution in [0.3, 0.4) is 0 Å². The molecule has 0 bridgehead atoms. The largest absolute Gasteiger partial charge is 0.494 e. The van der Waals surface area contributed by atoms with E-state index in [0.29, 0.717) is 0 Å². The van der Waals surface area contributed by atoms with Crippen molar-refractivity contribution in [1.29, 1.82) is 5.26 Å². The molecule has 8 nitrogen and oxygen atoms in total. The van der Waals surface area contributed by atoms with Crippen LogP contribution in [0.4, 0.5) is 11.4 Å². The second-order valence-corrected chi connectivity index (χ2v) is 9.14. The van der Waals surface area contributed by atoms with Gasteiger partial charge in [-0.15, -0.1) is 0 Å². The first-order chi connectivity index (χ1) is 24.4. The van der Waals surface area contributed by atoms with E-state index in [1.165, 1.54) is 6.92 Å². The fraction of sp³-hybridized carbons (Fsp3) is 0.250. The molecule has 0 spiro atoms. The first kappa shape index (κ1) is 18.1. The Balaban J connectivity index is 1.91. The number of ketones is 1. The number of pyridine rings is 2. The molecule has 1 N–H and O–H groups in total. The number of likely N-dealkylation sites (N-methyl/N-ethyl adjacent to an activating group) is 1. The number of hydrogen-bond donors (Lipinski definition) is 1. The van der Waals surface area contributed by atoms with Crippen LogP contribution in [-0.2, 0) is 17.8 Å². The van der Waals surface area contributed by atoms with Gasteiger partial charge in [0.1, 0.15) is 24.2 Å². The van der Waals surface area contributed by atoms with Gasteiger partial charge < -0.3 is 19.7 Å². The van der Waals surface area contributed by atoms with Gasteiger partial charge in [-0.1, -0.05) is 23.7 Å². The average molecular weight is 581 g/mol. The summed E-state index contributed by atoms with van der Waals surface area (Å²) in [7, 11) is 3.32. The number of carbonyl (C=O) groups excluding carboxylic acids is 1. The van der Waals surface area contributed by atoms with Crippen LogP contribution in [0.25, 0.3) is 10.9 Å². The predicted octanol–water partition coefficient (Wildman–Crippen LogP) is 6.41. The molecule has 0 saturated carbocycles. The zero-order valence-electron chi connectivity index (χ0n) is 33.7. The molecule has 210 valence electrons. The highest BCUT2D eigenvalue weighted by Gasteiger charge is 2.16. The molecule has 0 amide bonds. The number of halogens is 1. The second kappa shape index (κ2) is 13.8. The number of aryl methyl sites for hydroxylation is 1. The summed E-state index contributed by atoms with van der Waals surface area (Å²) in [5.74, 6) is -1.50. The minimum Gasteiger partial charge on any atom is -0.494 e. The van der Waals surface area contributed by atoms with Crippen LogP contribution in [0, 0.1) is 18.3 Å². The molecular weight excluding hydrogens is 538 g/mol. The molecule has 9 heteroatoms. The molecule has 0 saturated heterocycles. The number of benzene rings is 2. The first-order valence-electron chi connectivity index (χ1n) is 17.8. The SMILES string of the molecule is [2H]/C(CN(C)C)=C(/[2H])C(=O)Cc1c(OCC)c([2H])c2nc([2H])c(C#N)c(Nc3c([2H])c([2H])c(OCc4nc(C)c([2H])c([2H])c4[2H])c(Cl)c3[2H])c2c1[2H]. The Hall–Kier alpha value is -4.45. The van der Waals surface area contributed by atoms with Crippen LogP contribution in [0.1, 0.15) is 44.5 Å². The van der Waals surface area contributed by atoms with E-state index in [1.54, 1.807) is 25.9 Å². The van der Waals surface area contributed by atoms with Gasteiger partial charge >= 0.3 is 0 Å². The third-order valence-corrected chi connectivity index (χ3v) is 5.52. The molecule has 2 aromatic heterocycles. The van der Waals surface area contributed by atoms with E-state index >= 15 is 0 Å². The van der Waals surface area contributed by atoms with Crippen molar-refractivity contribution < 1.29 is 29.3 Å². The maximum Gasteiger partial charge on any atom is 0.159 e. The van der Waals surface area contributed by atoms with E-state index in [2.05, 4.69) is 15.3 Å². The lowest BCUT2D eigenvalue weighted by molar-refractivity contribution is -0.114. The number of hydrogen-bond acceptors (Lipinski definition) is 8. The van der Waals surface area contributed by atoms with Crippen LogP contribution >= 0.6 is 11.6 Å². The fourth-order valence-corrected chi connectivity index (χ4v) is 3.68. The fourth-order valence-electron chi connectivity index (χ4n) is 3.49. The van der Waals surface area contributed by atoms with Crippen molar-refractivity contribution in [3.05, 3.63) is 94.2 Å². The summed E-state index contributed by atoms with van der Waals surface area (Å²) < 4.78 is 104. The van der Waals surface area contributed by atoms with E-state index in [0.717, 1.165) is 0 Å². The number of nitrogens with one attached hydrogen (secondary N) is 1. The minimum absolute atomic E-state index is 0.00319. The predicted molar refractivity (Wildman–Crippen MR) is 162 cm³/mol. The Morgan fingerprint density at radius 1 is 1.22 bits per heavy atom. The number of nitrogens with zero attached hydrogens (tertiary/aromatic N) is 4. The smallest absolute Gasteiger partial charge is 0.159 e. The summed E-state index contributed by atoms with van der Waals surface area (Å²) in [5.41, 5.74) is -1.57. The number of aromatic nitrogens is 2. The highest BCUT2D eigenvalue weighted by molar-refractivity contribution is 6.32. The Morgan fingerprint density at radius 3 is 2.80 bits per heavy atom. The van der Waals surface area contributed by atoms with E-state index in [4.69, 9.17) is 36.2 Å². The molecule has 41 heavy (non-hydrogen) atoms. The summed E-state index contributed by atoms with van der Waals surface area (Å²) in [6.45, 7) is 2.60. The van der Waals surface area contributed by atoms with Gasteiger partial charge in [-0.25, -0.2) is 0 Å². The van der Waals surface area contributed by atoms with Crippen molar-refractivity contribution in [2.24, 2.45) is 0 Å². The summed E-state index contributed by atoms with van der Waals surface area (Å²) >= 11 is 6.47. The summed E-state index contributed by atoms with van der Waals surface area (Å²) in [6.07, 6.45) is -1.27. The molecule has 2 heterocycles. The van der Waals surface area contributed by atoms with Crippen molar-refractivity contribution in [3.8, 4) is 17.6 Å². The van der Waals surface area contributed by atoms with Gasteiger partial charge in [-0.05, 0) is 70.2 Å². The number of carbonyl (C=O) groups is 1. The monoisotopic (exact) mass is 580 g/mol. The van der Waals surface area contributed by atoms with Gasteiger partial charge in [0.15, 0.2) is 5.78 Å². The highest BCUT2D eigenvalue weighted by Crippen LogP contribution is 2.36. The molecule has 0 radical (unpaired) electrons. The quantitative estimate of drug-likeness (QED) is 0.192. The van der Waals surface area contributed by atoms with E-state index < -0.39 is 83.3 Å². The molecule has 0 fully saturated rings. The van der Waals surface area contributed by atoms with Gasteiger partial charge in [-0.2, -0.15) is 5.26 Å². The minimum atomic E-state index is -0.847. The van der Waals surface area contributed by atoms with Gasteiger partial charge in [0.05, 0.1) is 49.2 Å². The van der Waals surface area contributed by atoms with Gasteiger partial charge in [0.2, 0.25) is 0 Å². The Labute approximate surface area is 260 Å². The van der Waals surface area contributed by atoms with E-state index in [1.807, 2.05) is 6.07 Å². The number of allylic oxidation sites excluding steroid dienone is 1. The van der Waals surface area contributed by atoms with Gasteiger partial charge in [0.25, 0.3) is 0 Å². The number of nitriles is 1.